The Morgan fingerprint density at radius 3 is 2.20 bits per heavy atom. The molecule has 0 bridgehead atoms. The van der Waals surface area contributed by atoms with E-state index in [0.717, 1.165) is 12.8 Å². The molecule has 0 aromatic carbocycles. The lowest BCUT2D eigenvalue weighted by molar-refractivity contribution is 0.471. The van der Waals surface area contributed by atoms with Crippen LogP contribution in [0.5, 0.6) is 0 Å². The smallest absolute Gasteiger partial charge is 0.0783 e. The summed E-state index contributed by atoms with van der Waals surface area (Å²) in [6.45, 7) is 0. The molecular formula is C4H6O. The van der Waals surface area contributed by atoms with Crippen LogP contribution < -0.4 is 0 Å². The van der Waals surface area contributed by atoms with Crippen molar-refractivity contribution in [1.29, 1.82) is 0 Å². The molecule has 28 valence electrons. The number of rotatable bonds is 0. The number of hydrogen-bond acceptors (Lipinski definition) is 1. The second-order valence-electron chi connectivity index (χ2n) is 1.29. The predicted octanol–water partition coefficient (Wildman–Crippen LogP) is 1.22. The summed E-state index contributed by atoms with van der Waals surface area (Å²) < 4.78 is 0. The third-order valence-electron chi connectivity index (χ3n) is 0.721. The zero-order valence-electron chi connectivity index (χ0n) is 2.94. The van der Waals surface area contributed by atoms with Crippen LogP contribution in [0.4, 0.5) is 0 Å². The van der Waals surface area contributed by atoms with Gasteiger partial charge in [0.15, 0.2) is 0 Å². The maximum Gasteiger partial charge on any atom is 0.0783 e. The largest absolute Gasteiger partial charge is 0.516 e. The molecule has 0 aromatic heterocycles. The second kappa shape index (κ2) is 0.744. The quantitative estimate of drug-likeness (QED) is 0.425. The van der Waals surface area contributed by atoms with Crippen molar-refractivity contribution in [2.75, 3.05) is 0 Å². The summed E-state index contributed by atoms with van der Waals surface area (Å²) in [5.74, 6) is 0. The van der Waals surface area contributed by atoms with E-state index in [-0.39, 0.29) is 0 Å². The van der Waals surface area contributed by atoms with Crippen molar-refractivity contribution in [1.82, 2.24) is 0 Å². The highest BCUT2D eigenvalue weighted by Crippen LogP contribution is 2.25. The summed E-state index contributed by atoms with van der Waals surface area (Å²) in [7, 11) is 0. The maximum absolute atomic E-state index is 8.04. The highest BCUT2D eigenvalue weighted by Gasteiger charge is 2.08. The first kappa shape index (κ1) is 2.76. The molecule has 0 unspecified atom stereocenters. The van der Waals surface area contributed by atoms with Crippen LogP contribution in [0, 0.1) is 0 Å². The van der Waals surface area contributed by atoms with Gasteiger partial charge in [-0.15, -0.1) is 0 Å². The van der Waals surface area contributed by atoms with Crippen molar-refractivity contribution < 1.29 is 5.11 Å². The van der Waals surface area contributed by atoms with Crippen LogP contribution in [-0.2, 0) is 0 Å². The van der Waals surface area contributed by atoms with Gasteiger partial charge in [-0.1, -0.05) is 0 Å². The summed E-state index contributed by atoms with van der Waals surface area (Å²) in [6, 6.07) is 0. The van der Waals surface area contributed by atoms with Gasteiger partial charge in [0.25, 0.3) is 0 Å². The van der Waals surface area contributed by atoms with Crippen molar-refractivity contribution in [2.45, 2.75) is 12.8 Å². The van der Waals surface area contributed by atoms with Crippen molar-refractivity contribution in [3.05, 3.63) is 11.8 Å². The zero-order valence-corrected chi connectivity index (χ0v) is 2.94. The number of allylic oxidation sites excluding steroid dienone is 1. The monoisotopic (exact) mass is 70.0 g/mol. The van der Waals surface area contributed by atoms with Crippen LogP contribution in [0.1, 0.15) is 12.8 Å². The average Bonchev–Trinajstić information content (AvgIpc) is 2.12. The summed E-state index contributed by atoms with van der Waals surface area (Å²) in [5.41, 5.74) is 1.19. The van der Waals surface area contributed by atoms with Crippen LogP contribution in [0.2, 0.25) is 0 Å². The molecule has 1 fully saturated rings. The first-order valence-electron chi connectivity index (χ1n) is 1.75. The molecule has 1 aliphatic rings. The Labute approximate surface area is 30.9 Å². The highest BCUT2D eigenvalue weighted by molar-refractivity contribution is 5.12. The van der Waals surface area contributed by atoms with E-state index in [1.54, 1.807) is 0 Å². The van der Waals surface area contributed by atoms with Gasteiger partial charge in [-0.2, -0.15) is 0 Å². The molecule has 1 saturated carbocycles. The molecule has 0 aliphatic heterocycles. The van der Waals surface area contributed by atoms with Crippen molar-refractivity contribution in [2.24, 2.45) is 0 Å². The van der Waals surface area contributed by atoms with E-state index >= 15 is 0 Å². The number of hydrogen-bond donors (Lipinski definition) is 1. The zero-order chi connectivity index (χ0) is 3.70. The summed E-state index contributed by atoms with van der Waals surface area (Å²) in [6.07, 6.45) is 3.44. The molecule has 0 heterocycles. The summed E-state index contributed by atoms with van der Waals surface area (Å²) >= 11 is 0. The average molecular weight is 70.1 g/mol. The molecule has 0 aromatic rings. The van der Waals surface area contributed by atoms with E-state index in [0.29, 0.717) is 0 Å². The topological polar surface area (TPSA) is 20.2 Å². The molecule has 0 atom stereocenters. The Kier molecular flexibility index (Phi) is 0.411. The van der Waals surface area contributed by atoms with Gasteiger partial charge in [0.05, 0.1) is 6.26 Å². The molecule has 1 heteroatoms. The summed E-state index contributed by atoms with van der Waals surface area (Å²) in [5, 5.41) is 8.04. The van der Waals surface area contributed by atoms with Gasteiger partial charge < -0.3 is 5.11 Å². The van der Waals surface area contributed by atoms with E-state index in [1.807, 2.05) is 0 Å². The molecule has 1 N–H and O–H groups in total. The van der Waals surface area contributed by atoms with Gasteiger partial charge in [0, 0.05) is 0 Å². The van der Waals surface area contributed by atoms with E-state index < -0.39 is 0 Å². The van der Waals surface area contributed by atoms with Crippen LogP contribution in [0.25, 0.3) is 0 Å². The Hall–Kier alpha value is -0.460. The normalized spacial score (nSPS) is 18.8. The predicted molar refractivity (Wildman–Crippen MR) is 19.9 cm³/mol. The van der Waals surface area contributed by atoms with E-state index in [4.69, 9.17) is 5.11 Å². The lowest BCUT2D eigenvalue weighted by atomic mass is 10.7. The molecule has 0 radical (unpaired) electrons. The summed E-state index contributed by atoms with van der Waals surface area (Å²) in [4.78, 5) is 0. The first-order chi connectivity index (χ1) is 2.43. The van der Waals surface area contributed by atoms with Crippen LogP contribution in [0.3, 0.4) is 0 Å². The van der Waals surface area contributed by atoms with E-state index in [9.17, 15) is 0 Å². The fraction of sp³-hybridized carbons (Fsp3) is 0.500. The third-order valence-corrected chi connectivity index (χ3v) is 0.721. The van der Waals surface area contributed by atoms with Gasteiger partial charge in [-0.05, 0) is 18.4 Å². The molecule has 0 spiro atoms. The van der Waals surface area contributed by atoms with Crippen LogP contribution in [-0.4, -0.2) is 5.11 Å². The van der Waals surface area contributed by atoms with E-state index in [2.05, 4.69) is 0 Å². The fourth-order valence-electron chi connectivity index (χ4n) is 0.201. The first-order valence-corrected chi connectivity index (χ1v) is 1.75. The molecule has 0 saturated heterocycles. The Balaban J connectivity index is 2.46. The molecular weight excluding hydrogens is 64.0 g/mol. The fourth-order valence-corrected chi connectivity index (χ4v) is 0.201. The van der Waals surface area contributed by atoms with Crippen molar-refractivity contribution in [3.63, 3.8) is 0 Å². The number of aliphatic hydroxyl groups is 1. The maximum atomic E-state index is 8.04. The van der Waals surface area contributed by atoms with E-state index in [1.165, 1.54) is 11.8 Å². The third kappa shape index (κ3) is 0.407. The molecule has 5 heavy (non-hydrogen) atoms. The minimum atomic E-state index is 1.12. The van der Waals surface area contributed by atoms with Crippen molar-refractivity contribution >= 4 is 0 Å². The lowest BCUT2D eigenvalue weighted by Crippen LogP contribution is -1.40. The molecule has 1 rings (SSSR count). The molecule has 0 amide bonds. The van der Waals surface area contributed by atoms with Crippen molar-refractivity contribution in [3.8, 4) is 0 Å². The Morgan fingerprint density at radius 1 is 1.60 bits per heavy atom. The van der Waals surface area contributed by atoms with Crippen LogP contribution in [0.15, 0.2) is 11.8 Å². The standard InChI is InChI=1S/C4H6O/c5-3-4-1-2-4/h3,5H,1-2H2. The second-order valence-corrected chi connectivity index (χ2v) is 1.29. The Bertz CT molecular complexity index is 58.0. The molecule has 1 nitrogen and oxygen atoms in total. The Morgan fingerprint density at radius 2 is 2.20 bits per heavy atom. The van der Waals surface area contributed by atoms with Gasteiger partial charge in [-0.25, -0.2) is 0 Å². The lowest BCUT2D eigenvalue weighted by Gasteiger charge is -1.56. The molecule has 1 aliphatic carbocycles. The van der Waals surface area contributed by atoms with Gasteiger partial charge in [0.1, 0.15) is 0 Å². The van der Waals surface area contributed by atoms with Gasteiger partial charge in [0.2, 0.25) is 0 Å². The SMILES string of the molecule is OC=C1CC1. The number of aliphatic hydroxyl groups excluding tert-OH is 1. The van der Waals surface area contributed by atoms with Gasteiger partial charge >= 0.3 is 0 Å². The highest BCUT2D eigenvalue weighted by atomic mass is 16.2. The minimum Gasteiger partial charge on any atom is -0.516 e. The minimum absolute atomic E-state index is 1.12. The van der Waals surface area contributed by atoms with Crippen LogP contribution >= 0.6 is 0 Å². The van der Waals surface area contributed by atoms with Gasteiger partial charge in [-0.3, -0.25) is 0 Å².